The first-order valence-electron chi connectivity index (χ1n) is 6.08. The number of rotatable bonds is 3. The van der Waals surface area contributed by atoms with Gasteiger partial charge in [-0.3, -0.25) is 0 Å². The van der Waals surface area contributed by atoms with Crippen molar-refractivity contribution >= 4 is 11.6 Å². The summed E-state index contributed by atoms with van der Waals surface area (Å²) in [6.45, 7) is 2.91. The highest BCUT2D eigenvalue weighted by Gasteiger charge is 2.18. The van der Waals surface area contributed by atoms with Gasteiger partial charge in [0.2, 0.25) is 0 Å². The lowest BCUT2D eigenvalue weighted by atomic mass is 9.86. The van der Waals surface area contributed by atoms with Crippen molar-refractivity contribution in [3.05, 3.63) is 29.3 Å². The zero-order chi connectivity index (χ0) is 12.1. The van der Waals surface area contributed by atoms with Crippen molar-refractivity contribution in [1.82, 2.24) is 0 Å². The molecule has 1 aliphatic rings. The third-order valence-electron chi connectivity index (χ3n) is 3.17. The molecule has 2 rings (SSSR count). The van der Waals surface area contributed by atoms with E-state index in [-0.39, 0.29) is 0 Å². The lowest BCUT2D eigenvalue weighted by molar-refractivity contribution is 0.180. The Bertz CT molecular complexity index is 438. The molecule has 0 heterocycles. The summed E-state index contributed by atoms with van der Waals surface area (Å²) in [6.07, 6.45) is 4.00. The first-order valence-corrected chi connectivity index (χ1v) is 6.61. The second-order valence-electron chi connectivity index (χ2n) is 4.52. The molecular formula is C15H17ClO. The topological polar surface area (TPSA) is 9.23 Å². The number of ether oxygens (including phenoxy) is 1. The molecule has 1 aromatic rings. The monoisotopic (exact) mass is 248 g/mol. The van der Waals surface area contributed by atoms with Crippen LogP contribution in [-0.4, -0.2) is 12.5 Å². The minimum absolute atomic E-state index is 0.374. The van der Waals surface area contributed by atoms with Gasteiger partial charge in [-0.05, 0) is 49.4 Å². The second-order valence-corrected chi connectivity index (χ2v) is 4.79. The molecule has 0 spiro atoms. The highest BCUT2D eigenvalue weighted by molar-refractivity contribution is 6.19. The van der Waals surface area contributed by atoms with Crippen molar-refractivity contribution < 1.29 is 4.74 Å². The van der Waals surface area contributed by atoms with Gasteiger partial charge >= 0.3 is 0 Å². The van der Waals surface area contributed by atoms with Crippen LogP contribution in [0.3, 0.4) is 0 Å². The van der Waals surface area contributed by atoms with E-state index in [1.54, 1.807) is 0 Å². The second kappa shape index (κ2) is 5.98. The van der Waals surface area contributed by atoms with Gasteiger partial charge in [-0.25, -0.2) is 0 Å². The molecule has 0 aromatic heterocycles. The van der Waals surface area contributed by atoms with Crippen LogP contribution in [-0.2, 0) is 0 Å². The van der Waals surface area contributed by atoms with Gasteiger partial charge in [0, 0.05) is 5.56 Å². The van der Waals surface area contributed by atoms with E-state index in [4.69, 9.17) is 16.3 Å². The van der Waals surface area contributed by atoms with Crippen molar-refractivity contribution in [2.24, 2.45) is 5.92 Å². The van der Waals surface area contributed by atoms with Crippen LogP contribution < -0.4 is 4.74 Å². The van der Waals surface area contributed by atoms with Crippen LogP contribution >= 0.6 is 11.6 Å². The fourth-order valence-corrected chi connectivity index (χ4v) is 1.96. The van der Waals surface area contributed by atoms with E-state index in [1.807, 2.05) is 12.1 Å². The predicted octanol–water partition coefficient (Wildman–Crippen LogP) is 3.76. The smallest absolute Gasteiger partial charge is 0.122 e. The number of alkyl halides is 1. The number of halogens is 1. The van der Waals surface area contributed by atoms with Crippen molar-refractivity contribution in [2.45, 2.75) is 26.2 Å². The first kappa shape index (κ1) is 12.3. The Morgan fingerprint density at radius 1 is 1.41 bits per heavy atom. The van der Waals surface area contributed by atoms with Gasteiger partial charge in [0.05, 0.1) is 12.5 Å². The van der Waals surface area contributed by atoms with E-state index >= 15 is 0 Å². The Kier molecular flexibility index (Phi) is 4.34. The molecule has 0 atom stereocenters. The van der Waals surface area contributed by atoms with Crippen molar-refractivity contribution in [3.63, 3.8) is 0 Å². The average molecular weight is 249 g/mol. The standard InChI is InChI=1S/C15H17ClO/c1-12-10-13(6-3-9-16)7-8-15(12)17-11-14-4-2-5-14/h7-8,10,14H,2,4-5,9,11H2,1H3. The summed E-state index contributed by atoms with van der Waals surface area (Å²) in [5.74, 6) is 7.99. The van der Waals surface area contributed by atoms with Gasteiger partial charge in [-0.1, -0.05) is 18.3 Å². The van der Waals surface area contributed by atoms with Crippen LogP contribution in [0.25, 0.3) is 0 Å². The summed E-state index contributed by atoms with van der Waals surface area (Å²) < 4.78 is 5.83. The van der Waals surface area contributed by atoms with Crippen molar-refractivity contribution in [1.29, 1.82) is 0 Å². The molecule has 0 aliphatic heterocycles. The van der Waals surface area contributed by atoms with Crippen LogP contribution in [0.15, 0.2) is 18.2 Å². The van der Waals surface area contributed by atoms with E-state index in [9.17, 15) is 0 Å². The molecule has 1 saturated carbocycles. The number of hydrogen-bond donors (Lipinski definition) is 0. The summed E-state index contributed by atoms with van der Waals surface area (Å²) in [7, 11) is 0. The largest absolute Gasteiger partial charge is 0.493 e. The van der Waals surface area contributed by atoms with Crippen LogP contribution in [0, 0.1) is 24.7 Å². The lowest BCUT2D eigenvalue weighted by Gasteiger charge is -2.25. The SMILES string of the molecule is Cc1cc(C#CCCl)ccc1OCC1CCC1. The van der Waals surface area contributed by atoms with Gasteiger partial charge < -0.3 is 4.74 Å². The van der Waals surface area contributed by atoms with Crippen LogP contribution in [0.1, 0.15) is 30.4 Å². The molecule has 0 unspecified atom stereocenters. The van der Waals surface area contributed by atoms with Crippen LogP contribution in [0.4, 0.5) is 0 Å². The first-order chi connectivity index (χ1) is 8.29. The molecule has 0 radical (unpaired) electrons. The van der Waals surface area contributed by atoms with E-state index in [1.165, 1.54) is 19.3 Å². The highest BCUT2D eigenvalue weighted by atomic mass is 35.5. The van der Waals surface area contributed by atoms with Gasteiger partial charge in [0.1, 0.15) is 5.75 Å². The third kappa shape index (κ3) is 3.41. The number of hydrogen-bond acceptors (Lipinski definition) is 1. The Morgan fingerprint density at radius 2 is 2.24 bits per heavy atom. The molecule has 0 bridgehead atoms. The number of aryl methyl sites for hydroxylation is 1. The number of benzene rings is 1. The summed E-state index contributed by atoms with van der Waals surface area (Å²) >= 11 is 5.53. The Morgan fingerprint density at radius 3 is 2.82 bits per heavy atom. The van der Waals surface area contributed by atoms with Crippen LogP contribution in [0.5, 0.6) is 5.75 Å². The summed E-state index contributed by atoms with van der Waals surface area (Å²) in [5.41, 5.74) is 2.14. The average Bonchev–Trinajstić information content (AvgIpc) is 2.27. The van der Waals surface area contributed by atoms with Crippen molar-refractivity contribution in [3.8, 4) is 17.6 Å². The van der Waals surface area contributed by atoms with Crippen molar-refractivity contribution in [2.75, 3.05) is 12.5 Å². The molecule has 17 heavy (non-hydrogen) atoms. The Balaban J connectivity index is 1.97. The molecule has 1 fully saturated rings. The zero-order valence-corrected chi connectivity index (χ0v) is 10.9. The van der Waals surface area contributed by atoms with E-state index in [0.717, 1.165) is 29.4 Å². The lowest BCUT2D eigenvalue weighted by Crippen LogP contribution is -2.19. The molecule has 2 heteroatoms. The highest BCUT2D eigenvalue weighted by Crippen LogP contribution is 2.28. The molecule has 0 saturated heterocycles. The molecule has 0 N–H and O–H groups in total. The summed E-state index contributed by atoms with van der Waals surface area (Å²) in [4.78, 5) is 0. The Hall–Kier alpha value is -1.13. The minimum Gasteiger partial charge on any atom is -0.493 e. The molecule has 1 nitrogen and oxygen atoms in total. The predicted molar refractivity (Wildman–Crippen MR) is 71.6 cm³/mol. The normalized spacial score (nSPS) is 14.7. The summed E-state index contributed by atoms with van der Waals surface area (Å²) in [5, 5.41) is 0. The minimum atomic E-state index is 0.374. The maximum absolute atomic E-state index is 5.83. The zero-order valence-electron chi connectivity index (χ0n) is 10.1. The fourth-order valence-electron chi connectivity index (χ4n) is 1.89. The van der Waals surface area contributed by atoms with E-state index < -0.39 is 0 Å². The molecule has 90 valence electrons. The molecule has 0 amide bonds. The fraction of sp³-hybridized carbons (Fsp3) is 0.467. The molecular weight excluding hydrogens is 232 g/mol. The third-order valence-corrected chi connectivity index (χ3v) is 3.31. The summed E-state index contributed by atoms with van der Waals surface area (Å²) in [6, 6.07) is 6.05. The van der Waals surface area contributed by atoms with Gasteiger partial charge in [-0.15, -0.1) is 11.6 Å². The molecule has 1 aromatic carbocycles. The van der Waals surface area contributed by atoms with Gasteiger partial charge in [0.25, 0.3) is 0 Å². The Labute approximate surface area is 108 Å². The van der Waals surface area contributed by atoms with Gasteiger partial charge in [0.15, 0.2) is 0 Å². The quantitative estimate of drug-likeness (QED) is 0.585. The van der Waals surface area contributed by atoms with Gasteiger partial charge in [-0.2, -0.15) is 0 Å². The van der Waals surface area contributed by atoms with Crippen LogP contribution in [0.2, 0.25) is 0 Å². The maximum Gasteiger partial charge on any atom is 0.122 e. The molecule has 1 aliphatic carbocycles. The van der Waals surface area contributed by atoms with E-state index in [0.29, 0.717) is 5.88 Å². The van der Waals surface area contributed by atoms with E-state index in [2.05, 4.69) is 24.8 Å². The maximum atomic E-state index is 5.83.